The van der Waals surface area contributed by atoms with Crippen LogP contribution < -0.4 is 5.32 Å². The van der Waals surface area contributed by atoms with Gasteiger partial charge in [-0.05, 0) is 44.4 Å². The van der Waals surface area contributed by atoms with Crippen molar-refractivity contribution in [2.24, 2.45) is 0 Å². The SMILES string of the molecule is Cc1cc(CNc2ncnc3c2sc2nnc(C)c(C)c23)cnc1C.Cl. The minimum Gasteiger partial charge on any atom is -0.365 e. The molecule has 1 N–H and O–H groups in total. The number of aromatic nitrogens is 5. The lowest BCUT2D eigenvalue weighted by molar-refractivity contribution is 1.01. The molecule has 0 atom stereocenters. The number of hydrogen-bond acceptors (Lipinski definition) is 7. The van der Waals surface area contributed by atoms with E-state index in [0.29, 0.717) is 6.54 Å². The van der Waals surface area contributed by atoms with E-state index < -0.39 is 0 Å². The average molecular weight is 387 g/mol. The van der Waals surface area contributed by atoms with Crippen LogP contribution in [-0.2, 0) is 6.54 Å². The van der Waals surface area contributed by atoms with Gasteiger partial charge >= 0.3 is 0 Å². The fourth-order valence-corrected chi connectivity index (χ4v) is 3.89. The lowest BCUT2D eigenvalue weighted by Crippen LogP contribution is -2.03. The lowest BCUT2D eigenvalue weighted by Gasteiger charge is -2.08. The van der Waals surface area contributed by atoms with Crippen molar-refractivity contribution in [3.05, 3.63) is 46.7 Å². The van der Waals surface area contributed by atoms with Crippen molar-refractivity contribution in [1.82, 2.24) is 25.1 Å². The molecule has 0 saturated carbocycles. The first-order valence-electron chi connectivity index (χ1n) is 8.07. The molecule has 0 aliphatic rings. The van der Waals surface area contributed by atoms with Crippen LogP contribution in [0.2, 0.25) is 0 Å². The Morgan fingerprint density at radius 1 is 1.00 bits per heavy atom. The number of rotatable bonds is 3. The van der Waals surface area contributed by atoms with E-state index in [-0.39, 0.29) is 12.4 Å². The number of fused-ring (bicyclic) bond motifs is 3. The second kappa shape index (κ2) is 7.09. The molecule has 4 aromatic heterocycles. The molecule has 0 aromatic carbocycles. The highest BCUT2D eigenvalue weighted by atomic mass is 35.5. The summed E-state index contributed by atoms with van der Waals surface area (Å²) < 4.78 is 1.01. The van der Waals surface area contributed by atoms with Gasteiger partial charge < -0.3 is 5.32 Å². The van der Waals surface area contributed by atoms with Crippen molar-refractivity contribution in [1.29, 1.82) is 0 Å². The van der Waals surface area contributed by atoms with Crippen molar-refractivity contribution in [2.75, 3.05) is 5.32 Å². The van der Waals surface area contributed by atoms with Gasteiger partial charge in [0.05, 0.1) is 15.9 Å². The van der Waals surface area contributed by atoms with Crippen LogP contribution in [-0.4, -0.2) is 25.1 Å². The minimum absolute atomic E-state index is 0. The van der Waals surface area contributed by atoms with Gasteiger partial charge in [-0.1, -0.05) is 6.07 Å². The largest absolute Gasteiger partial charge is 0.365 e. The van der Waals surface area contributed by atoms with Crippen molar-refractivity contribution in [3.8, 4) is 0 Å². The normalized spacial score (nSPS) is 10.9. The van der Waals surface area contributed by atoms with Gasteiger partial charge in [0.1, 0.15) is 17.0 Å². The van der Waals surface area contributed by atoms with Gasteiger partial charge in [0, 0.05) is 23.8 Å². The lowest BCUT2D eigenvalue weighted by atomic mass is 10.1. The maximum absolute atomic E-state index is 4.49. The van der Waals surface area contributed by atoms with Crippen LogP contribution in [0.1, 0.15) is 28.1 Å². The van der Waals surface area contributed by atoms with E-state index in [1.54, 1.807) is 17.7 Å². The standard InChI is InChI=1S/C18H18N6S.ClH/c1-9-5-13(6-19-11(9)3)7-20-17-16-15(21-8-22-17)14-10(2)12(4)23-24-18(14)25-16;/h5-6,8H,7H2,1-4H3,(H,20,21,22);1H. The van der Waals surface area contributed by atoms with Crippen LogP contribution in [0.5, 0.6) is 0 Å². The second-order valence-corrected chi connectivity index (χ2v) is 7.19. The first-order chi connectivity index (χ1) is 12.0. The van der Waals surface area contributed by atoms with Crippen molar-refractivity contribution >= 4 is 50.0 Å². The van der Waals surface area contributed by atoms with Crippen LogP contribution in [0.4, 0.5) is 5.82 Å². The fraction of sp³-hybridized carbons (Fsp3) is 0.278. The zero-order valence-electron chi connectivity index (χ0n) is 15.0. The average Bonchev–Trinajstić information content (AvgIpc) is 2.99. The summed E-state index contributed by atoms with van der Waals surface area (Å²) in [7, 11) is 0. The van der Waals surface area contributed by atoms with E-state index >= 15 is 0 Å². The molecular weight excluding hydrogens is 368 g/mol. The van der Waals surface area contributed by atoms with Gasteiger partial charge in [-0.15, -0.1) is 28.8 Å². The zero-order valence-corrected chi connectivity index (χ0v) is 16.6. The van der Waals surface area contributed by atoms with Gasteiger partial charge in [0.2, 0.25) is 0 Å². The molecule has 0 aliphatic heterocycles. The number of thiophene rings is 1. The van der Waals surface area contributed by atoms with Gasteiger partial charge in [-0.25, -0.2) is 9.97 Å². The van der Waals surface area contributed by atoms with Gasteiger partial charge in [-0.2, -0.15) is 5.10 Å². The number of anilines is 1. The topological polar surface area (TPSA) is 76.5 Å². The predicted octanol–water partition coefficient (Wildman–Crippen LogP) is 4.30. The van der Waals surface area contributed by atoms with E-state index in [0.717, 1.165) is 48.8 Å². The van der Waals surface area contributed by atoms with Gasteiger partial charge in [0.25, 0.3) is 0 Å². The Morgan fingerprint density at radius 2 is 1.81 bits per heavy atom. The van der Waals surface area contributed by atoms with E-state index in [4.69, 9.17) is 0 Å². The molecule has 0 radical (unpaired) electrons. The van der Waals surface area contributed by atoms with Gasteiger partial charge in [-0.3, -0.25) is 4.98 Å². The molecule has 6 nitrogen and oxygen atoms in total. The van der Waals surface area contributed by atoms with Crippen molar-refractivity contribution < 1.29 is 0 Å². The summed E-state index contributed by atoms with van der Waals surface area (Å²) in [5.74, 6) is 0.822. The first-order valence-corrected chi connectivity index (χ1v) is 8.89. The Labute approximate surface area is 161 Å². The molecule has 0 spiro atoms. The highest BCUT2D eigenvalue weighted by Gasteiger charge is 2.15. The molecule has 134 valence electrons. The monoisotopic (exact) mass is 386 g/mol. The summed E-state index contributed by atoms with van der Waals surface area (Å²) in [4.78, 5) is 14.2. The molecule has 4 heterocycles. The van der Waals surface area contributed by atoms with E-state index in [1.807, 2.05) is 20.0 Å². The van der Waals surface area contributed by atoms with Gasteiger partial charge in [0.15, 0.2) is 0 Å². The van der Waals surface area contributed by atoms with Crippen LogP contribution in [0.25, 0.3) is 20.4 Å². The molecule has 0 saturated heterocycles. The molecule has 4 rings (SSSR count). The Morgan fingerprint density at radius 3 is 2.58 bits per heavy atom. The number of nitrogens with one attached hydrogen (secondary N) is 1. The second-order valence-electron chi connectivity index (χ2n) is 6.19. The summed E-state index contributed by atoms with van der Waals surface area (Å²) in [5.41, 5.74) is 6.37. The number of halogens is 1. The third-order valence-electron chi connectivity index (χ3n) is 4.52. The summed E-state index contributed by atoms with van der Waals surface area (Å²) in [5, 5.41) is 13.0. The third-order valence-corrected chi connectivity index (χ3v) is 5.59. The van der Waals surface area contributed by atoms with E-state index in [9.17, 15) is 0 Å². The quantitative estimate of drug-likeness (QED) is 0.565. The molecule has 0 unspecified atom stereocenters. The molecule has 26 heavy (non-hydrogen) atoms. The zero-order chi connectivity index (χ0) is 17.6. The van der Waals surface area contributed by atoms with Crippen LogP contribution in [0.15, 0.2) is 18.6 Å². The summed E-state index contributed by atoms with van der Waals surface area (Å²) >= 11 is 1.58. The minimum atomic E-state index is 0. The molecule has 0 bridgehead atoms. The van der Waals surface area contributed by atoms with Crippen LogP contribution >= 0.6 is 23.7 Å². The summed E-state index contributed by atoms with van der Waals surface area (Å²) in [6.07, 6.45) is 3.50. The molecule has 4 aromatic rings. The van der Waals surface area contributed by atoms with E-state index in [2.05, 4.69) is 50.4 Å². The molecular formula is C18H19ClN6S. The maximum atomic E-state index is 4.49. The molecule has 0 aliphatic carbocycles. The molecule has 0 fully saturated rings. The highest BCUT2D eigenvalue weighted by molar-refractivity contribution is 7.25. The number of pyridine rings is 1. The summed E-state index contributed by atoms with van der Waals surface area (Å²) in [6.45, 7) is 8.79. The molecule has 0 amide bonds. The molecule has 8 heteroatoms. The third kappa shape index (κ3) is 3.08. The summed E-state index contributed by atoms with van der Waals surface area (Å²) in [6, 6.07) is 2.15. The number of nitrogens with zero attached hydrogens (tertiary/aromatic N) is 5. The van der Waals surface area contributed by atoms with Crippen LogP contribution in [0.3, 0.4) is 0 Å². The first kappa shape index (κ1) is 18.4. The van der Waals surface area contributed by atoms with Crippen molar-refractivity contribution in [3.63, 3.8) is 0 Å². The Bertz CT molecular complexity index is 1110. The Balaban J connectivity index is 0.00000196. The Kier molecular flexibility index (Phi) is 5.02. The van der Waals surface area contributed by atoms with Crippen LogP contribution in [0, 0.1) is 27.7 Å². The van der Waals surface area contributed by atoms with E-state index in [1.165, 1.54) is 5.56 Å². The number of hydrogen-bond donors (Lipinski definition) is 1. The number of aryl methyl sites for hydroxylation is 4. The Hall–Kier alpha value is -2.38. The van der Waals surface area contributed by atoms with Crippen molar-refractivity contribution in [2.45, 2.75) is 34.2 Å². The smallest absolute Gasteiger partial charge is 0.149 e. The maximum Gasteiger partial charge on any atom is 0.149 e. The highest BCUT2D eigenvalue weighted by Crippen LogP contribution is 2.36. The predicted molar refractivity (Wildman–Crippen MR) is 108 cm³/mol. The fourth-order valence-electron chi connectivity index (χ4n) is 2.79.